The van der Waals surface area contributed by atoms with Gasteiger partial charge < -0.3 is 16.0 Å². The van der Waals surface area contributed by atoms with Gasteiger partial charge in [-0.15, -0.1) is 12.4 Å². The van der Waals surface area contributed by atoms with Gasteiger partial charge in [0.2, 0.25) is 5.91 Å². The smallest absolute Gasteiger partial charge is 0.251 e. The number of carbonyl (C=O) groups is 2. The number of benzene rings is 2. The fourth-order valence-electron chi connectivity index (χ4n) is 3.21. The summed E-state index contributed by atoms with van der Waals surface area (Å²) in [5, 5.41) is 9.06. The van der Waals surface area contributed by atoms with E-state index in [9.17, 15) is 14.0 Å². The largest absolute Gasteiger partial charge is 0.348 e. The second-order valence-corrected chi connectivity index (χ2v) is 6.95. The van der Waals surface area contributed by atoms with Crippen LogP contribution in [0, 0.1) is 11.7 Å². The molecule has 1 heterocycles. The maximum absolute atomic E-state index is 12.9. The molecule has 5 nitrogen and oxygen atoms in total. The summed E-state index contributed by atoms with van der Waals surface area (Å²) in [7, 11) is 0. The number of nitrogens with one attached hydrogen (secondary N) is 3. The van der Waals surface area contributed by atoms with Crippen LogP contribution >= 0.6 is 12.4 Å². The summed E-state index contributed by atoms with van der Waals surface area (Å²) in [5.41, 5.74) is 2.01. The third-order valence-corrected chi connectivity index (χ3v) is 4.78. The first-order valence-corrected chi connectivity index (χ1v) is 9.18. The number of piperidine rings is 1. The molecule has 0 spiro atoms. The van der Waals surface area contributed by atoms with Crippen LogP contribution in [0.5, 0.6) is 0 Å². The number of hydrogen-bond acceptors (Lipinski definition) is 3. The summed E-state index contributed by atoms with van der Waals surface area (Å²) >= 11 is 0. The van der Waals surface area contributed by atoms with Crippen molar-refractivity contribution in [1.82, 2.24) is 10.6 Å². The minimum atomic E-state index is -0.304. The van der Waals surface area contributed by atoms with Crippen molar-refractivity contribution in [3.05, 3.63) is 65.5 Å². The molecule has 3 rings (SSSR count). The fourth-order valence-corrected chi connectivity index (χ4v) is 3.21. The number of carbonyl (C=O) groups excluding carboxylic acids is 2. The molecule has 1 fully saturated rings. The lowest BCUT2D eigenvalue weighted by atomic mass is 9.92. The minimum absolute atomic E-state index is 0. The van der Waals surface area contributed by atoms with Gasteiger partial charge >= 0.3 is 0 Å². The third-order valence-electron chi connectivity index (χ3n) is 4.78. The maximum atomic E-state index is 12.9. The molecule has 2 aromatic carbocycles. The quantitative estimate of drug-likeness (QED) is 0.713. The number of rotatable bonds is 5. The fraction of sp³-hybridized carbons (Fsp3) is 0.333. The molecule has 0 bridgehead atoms. The highest BCUT2D eigenvalue weighted by atomic mass is 35.5. The molecule has 1 aliphatic heterocycles. The average molecular weight is 406 g/mol. The molecule has 0 aromatic heterocycles. The highest BCUT2D eigenvalue weighted by Crippen LogP contribution is 2.19. The van der Waals surface area contributed by atoms with Crippen molar-refractivity contribution in [3.8, 4) is 0 Å². The van der Waals surface area contributed by atoms with Crippen molar-refractivity contribution in [2.24, 2.45) is 5.92 Å². The molecule has 7 heteroatoms. The van der Waals surface area contributed by atoms with E-state index in [4.69, 9.17) is 0 Å². The molecule has 0 aliphatic carbocycles. The van der Waals surface area contributed by atoms with Crippen LogP contribution in [0.3, 0.4) is 0 Å². The Morgan fingerprint density at radius 3 is 2.43 bits per heavy atom. The van der Waals surface area contributed by atoms with Crippen LogP contribution in [0.4, 0.5) is 10.1 Å². The van der Waals surface area contributed by atoms with E-state index in [2.05, 4.69) is 22.9 Å². The van der Waals surface area contributed by atoms with Crippen LogP contribution in [-0.4, -0.2) is 24.4 Å². The van der Waals surface area contributed by atoms with Gasteiger partial charge in [0.1, 0.15) is 5.82 Å². The van der Waals surface area contributed by atoms with Crippen LogP contribution in [0.2, 0.25) is 0 Å². The zero-order valence-corrected chi connectivity index (χ0v) is 16.5. The molecule has 2 atom stereocenters. The van der Waals surface area contributed by atoms with Crippen molar-refractivity contribution >= 4 is 29.9 Å². The Morgan fingerprint density at radius 2 is 1.79 bits per heavy atom. The van der Waals surface area contributed by atoms with Gasteiger partial charge in [-0.3, -0.25) is 9.59 Å². The van der Waals surface area contributed by atoms with Gasteiger partial charge in [-0.2, -0.15) is 0 Å². The van der Waals surface area contributed by atoms with Crippen molar-refractivity contribution in [2.45, 2.75) is 32.4 Å². The lowest BCUT2D eigenvalue weighted by Gasteiger charge is -2.27. The third kappa shape index (κ3) is 6.04. The normalized spacial score (nSPS) is 18.6. The predicted octanol–water partition coefficient (Wildman–Crippen LogP) is 3.50. The van der Waals surface area contributed by atoms with E-state index in [1.807, 2.05) is 0 Å². The molecular formula is C21H25ClFN3O2. The summed E-state index contributed by atoms with van der Waals surface area (Å²) in [6, 6.07) is 13.2. The molecule has 2 aromatic rings. The second kappa shape index (κ2) is 10.2. The Kier molecular flexibility index (Phi) is 7.96. The predicted molar refractivity (Wildman–Crippen MR) is 110 cm³/mol. The Labute approximate surface area is 170 Å². The van der Waals surface area contributed by atoms with Gasteiger partial charge in [0.05, 0.1) is 0 Å². The molecule has 1 aliphatic rings. The first-order chi connectivity index (χ1) is 13.0. The Hall–Kier alpha value is -2.44. The number of anilines is 1. The van der Waals surface area contributed by atoms with Gasteiger partial charge in [-0.05, 0) is 68.3 Å². The zero-order valence-electron chi connectivity index (χ0n) is 15.7. The first kappa shape index (κ1) is 21.9. The van der Waals surface area contributed by atoms with Gasteiger partial charge in [-0.1, -0.05) is 12.1 Å². The van der Waals surface area contributed by atoms with E-state index < -0.39 is 0 Å². The van der Waals surface area contributed by atoms with E-state index in [1.54, 1.807) is 36.4 Å². The van der Waals surface area contributed by atoms with Crippen LogP contribution in [0.15, 0.2) is 48.5 Å². The van der Waals surface area contributed by atoms with Gasteiger partial charge in [-0.25, -0.2) is 4.39 Å². The number of amides is 2. The van der Waals surface area contributed by atoms with E-state index in [1.165, 1.54) is 12.1 Å². The highest BCUT2D eigenvalue weighted by molar-refractivity contribution is 5.96. The highest BCUT2D eigenvalue weighted by Gasteiger charge is 2.24. The second-order valence-electron chi connectivity index (χ2n) is 6.95. The molecule has 0 saturated carbocycles. The first-order valence-electron chi connectivity index (χ1n) is 9.18. The topological polar surface area (TPSA) is 70.2 Å². The lowest BCUT2D eigenvalue weighted by molar-refractivity contribution is -0.120. The Balaban J connectivity index is 0.00000280. The molecule has 1 saturated heterocycles. The standard InChI is InChI=1S/C21H24FN3O2.ClH/c1-14-12-17(10-11-23-14)21(27)25-19-8-4-16(5-9-19)20(26)24-13-15-2-6-18(22)7-3-15;/h2-9,14,17,23H,10-13H2,1H3,(H,24,26)(H,25,27);1H/t14-,17-;/m0./s1. The Morgan fingerprint density at radius 1 is 1.11 bits per heavy atom. The van der Waals surface area contributed by atoms with E-state index in [0.29, 0.717) is 23.8 Å². The van der Waals surface area contributed by atoms with Gasteiger partial charge in [0, 0.05) is 29.8 Å². The maximum Gasteiger partial charge on any atom is 0.251 e. The van der Waals surface area contributed by atoms with Crippen molar-refractivity contribution < 1.29 is 14.0 Å². The summed E-state index contributed by atoms with van der Waals surface area (Å²) in [6.07, 6.45) is 1.66. The summed E-state index contributed by atoms with van der Waals surface area (Å²) < 4.78 is 12.9. The van der Waals surface area contributed by atoms with Crippen molar-refractivity contribution in [2.75, 3.05) is 11.9 Å². The number of hydrogen-bond donors (Lipinski definition) is 3. The average Bonchev–Trinajstić information content (AvgIpc) is 2.68. The molecule has 28 heavy (non-hydrogen) atoms. The number of halogens is 2. The van der Waals surface area contributed by atoms with E-state index in [0.717, 1.165) is 24.9 Å². The zero-order chi connectivity index (χ0) is 19.2. The minimum Gasteiger partial charge on any atom is -0.348 e. The molecule has 150 valence electrons. The van der Waals surface area contributed by atoms with Crippen LogP contribution < -0.4 is 16.0 Å². The summed E-state index contributed by atoms with van der Waals surface area (Å²) in [6.45, 7) is 3.26. The van der Waals surface area contributed by atoms with Gasteiger partial charge in [0.25, 0.3) is 5.91 Å². The van der Waals surface area contributed by atoms with Crippen LogP contribution in [-0.2, 0) is 11.3 Å². The van der Waals surface area contributed by atoms with Gasteiger partial charge in [0.15, 0.2) is 0 Å². The summed E-state index contributed by atoms with van der Waals surface area (Å²) in [4.78, 5) is 24.6. The van der Waals surface area contributed by atoms with E-state index in [-0.39, 0.29) is 36.0 Å². The molecule has 2 amide bonds. The molecule has 0 radical (unpaired) electrons. The van der Waals surface area contributed by atoms with Crippen molar-refractivity contribution in [3.63, 3.8) is 0 Å². The molecule has 3 N–H and O–H groups in total. The van der Waals surface area contributed by atoms with Crippen molar-refractivity contribution in [1.29, 1.82) is 0 Å². The van der Waals surface area contributed by atoms with Crippen LogP contribution in [0.25, 0.3) is 0 Å². The molecular weight excluding hydrogens is 381 g/mol. The monoisotopic (exact) mass is 405 g/mol. The van der Waals surface area contributed by atoms with E-state index >= 15 is 0 Å². The lowest BCUT2D eigenvalue weighted by Crippen LogP contribution is -2.40. The Bertz CT molecular complexity index is 796. The summed E-state index contributed by atoms with van der Waals surface area (Å²) in [5.74, 6) is -0.483. The molecule has 0 unspecified atom stereocenters. The van der Waals surface area contributed by atoms with Crippen LogP contribution in [0.1, 0.15) is 35.7 Å². The SMILES string of the molecule is C[C@H]1C[C@@H](C(=O)Nc2ccc(C(=O)NCc3ccc(F)cc3)cc2)CCN1.Cl.